The van der Waals surface area contributed by atoms with E-state index in [9.17, 15) is 18.5 Å². The first-order chi connectivity index (χ1) is 24.1. The molecule has 2 aromatic rings. The van der Waals surface area contributed by atoms with Crippen molar-refractivity contribution in [2.75, 3.05) is 51.3 Å². The van der Waals surface area contributed by atoms with Gasteiger partial charge in [-0.05, 0) is 111 Å². The molecule has 2 bridgehead atoms. The minimum Gasteiger partial charge on any atom is -0.490 e. The summed E-state index contributed by atoms with van der Waals surface area (Å²) in [7, 11) is -2.19. The second-order valence-electron chi connectivity index (χ2n) is 16.8. The number of fused-ring (bicyclic) bond motifs is 4. The number of carbonyl (C=O) groups excluding carboxylic acids is 1. The van der Waals surface area contributed by atoms with E-state index in [2.05, 4.69) is 51.8 Å². The van der Waals surface area contributed by atoms with E-state index < -0.39 is 26.8 Å². The Balaban J connectivity index is 1.34. The summed E-state index contributed by atoms with van der Waals surface area (Å²) in [5.74, 6) is -0.0598. The lowest BCUT2D eigenvalue weighted by Crippen LogP contribution is -2.65. The molecule has 2 unspecified atom stereocenters. The number of carbonyl (C=O) groups is 1. The Morgan fingerprint density at radius 2 is 1.88 bits per heavy atom. The van der Waals surface area contributed by atoms with Crippen LogP contribution in [0.1, 0.15) is 81.3 Å². The van der Waals surface area contributed by atoms with Gasteiger partial charge in [0.15, 0.2) is 0 Å². The number of nitrogens with zero attached hydrogens (tertiary/aromatic N) is 3. The van der Waals surface area contributed by atoms with Crippen LogP contribution >= 0.6 is 11.6 Å². The number of benzene rings is 2. The Morgan fingerprint density at radius 1 is 1.10 bits per heavy atom. The van der Waals surface area contributed by atoms with Gasteiger partial charge in [-0.15, -0.1) is 0 Å². The molecule has 1 saturated heterocycles. The Kier molecular flexibility index (Phi) is 9.30. The lowest BCUT2D eigenvalue weighted by atomic mass is 9.54. The smallest absolute Gasteiger partial charge is 0.264 e. The molecule has 1 amide bonds. The van der Waals surface area contributed by atoms with Gasteiger partial charge in [0.2, 0.25) is 10.0 Å². The standard InChI is InChI=1S/C40H51ClN4O5S/c1-27-8-6-16-40(49-5,25-44-21-37(3,20-42)22-44)35-14-17-38(35,4)23-45-24-39(15-7-9-29-18-31(41)11-12-32(29)39)26-50-34-13-10-30(19-33(34)45)36(46)43-51(47,48)28(27)2/h6,10-13,16,18-19,27-28,35H,7-9,14-15,17,21-26H2,1-5H3,(H,43,46)/b16-6+/t27-,28?,35+,38?,39-,40+/m0/s1. The van der Waals surface area contributed by atoms with E-state index in [4.69, 9.17) is 21.1 Å². The minimum absolute atomic E-state index is 0.150. The second kappa shape index (κ2) is 13.1. The van der Waals surface area contributed by atoms with Crippen molar-refractivity contribution < 1.29 is 22.7 Å². The van der Waals surface area contributed by atoms with E-state index in [1.165, 1.54) is 11.1 Å². The van der Waals surface area contributed by atoms with Crippen LogP contribution < -0.4 is 14.4 Å². The van der Waals surface area contributed by atoms with E-state index in [-0.39, 0.29) is 33.6 Å². The Bertz CT molecular complexity index is 1890. The number of sulfonamides is 1. The summed E-state index contributed by atoms with van der Waals surface area (Å²) in [5, 5.41) is 9.70. The number of nitriles is 1. The van der Waals surface area contributed by atoms with Gasteiger partial charge in [-0.3, -0.25) is 9.69 Å². The number of ether oxygens (including phenoxy) is 2. The van der Waals surface area contributed by atoms with Gasteiger partial charge in [-0.1, -0.05) is 43.7 Å². The number of rotatable bonds is 3. The third-order valence-corrected chi connectivity index (χ3v) is 15.1. The average Bonchev–Trinajstić information content (AvgIpc) is 3.22. The van der Waals surface area contributed by atoms with Crippen molar-refractivity contribution in [2.45, 2.75) is 82.5 Å². The van der Waals surface area contributed by atoms with Crippen molar-refractivity contribution >= 4 is 33.2 Å². The van der Waals surface area contributed by atoms with Crippen LogP contribution in [0, 0.1) is 34.0 Å². The molecule has 1 saturated carbocycles. The first-order valence-corrected chi connectivity index (χ1v) is 20.3. The number of hydrogen-bond donors (Lipinski definition) is 1. The van der Waals surface area contributed by atoms with Crippen molar-refractivity contribution in [3.05, 3.63) is 70.3 Å². The fourth-order valence-electron chi connectivity index (χ4n) is 9.76. The molecule has 1 spiro atoms. The molecule has 7 rings (SSSR count). The molecule has 0 aromatic heterocycles. The highest BCUT2D eigenvalue weighted by molar-refractivity contribution is 7.90. The maximum Gasteiger partial charge on any atom is 0.264 e. The van der Waals surface area contributed by atoms with Gasteiger partial charge in [0.25, 0.3) is 5.91 Å². The molecule has 11 heteroatoms. The number of allylic oxidation sites excluding steroid dienone is 1. The number of aryl methyl sites for hydroxylation is 1. The highest BCUT2D eigenvalue weighted by Crippen LogP contribution is 2.56. The first kappa shape index (κ1) is 36.3. The van der Waals surface area contributed by atoms with Gasteiger partial charge in [0, 0.05) is 55.8 Å². The molecule has 9 nitrogen and oxygen atoms in total. The quantitative estimate of drug-likeness (QED) is 0.356. The maximum absolute atomic E-state index is 13.6. The Hall–Kier alpha value is -3.10. The largest absolute Gasteiger partial charge is 0.490 e. The fourth-order valence-corrected chi connectivity index (χ4v) is 11.2. The molecule has 3 aliphatic heterocycles. The number of methoxy groups -OCH3 is 1. The van der Waals surface area contributed by atoms with Crippen molar-refractivity contribution in [1.29, 1.82) is 5.26 Å². The van der Waals surface area contributed by atoms with E-state index in [1.807, 2.05) is 32.0 Å². The lowest BCUT2D eigenvalue weighted by Gasteiger charge is -2.59. The van der Waals surface area contributed by atoms with Crippen LogP contribution in [0.25, 0.3) is 0 Å². The summed E-state index contributed by atoms with van der Waals surface area (Å²) in [6.07, 6.45) is 9.67. The molecule has 2 aliphatic carbocycles. The van der Waals surface area contributed by atoms with Gasteiger partial charge in [-0.25, -0.2) is 13.1 Å². The van der Waals surface area contributed by atoms with Crippen molar-refractivity contribution in [2.24, 2.45) is 22.7 Å². The topological polar surface area (TPSA) is 112 Å². The van der Waals surface area contributed by atoms with Crippen molar-refractivity contribution in [3.63, 3.8) is 0 Å². The number of hydrogen-bond acceptors (Lipinski definition) is 8. The van der Waals surface area contributed by atoms with Crippen LogP contribution in [-0.2, 0) is 26.6 Å². The number of halogens is 1. The van der Waals surface area contributed by atoms with Crippen LogP contribution in [0.15, 0.2) is 48.6 Å². The molecular weight excluding hydrogens is 684 g/mol. The van der Waals surface area contributed by atoms with Crippen LogP contribution in [-0.4, -0.2) is 76.5 Å². The Labute approximate surface area is 308 Å². The summed E-state index contributed by atoms with van der Waals surface area (Å²) in [5.41, 5.74) is 2.11. The predicted molar refractivity (Wildman–Crippen MR) is 200 cm³/mol. The number of anilines is 1. The highest BCUT2D eigenvalue weighted by Gasteiger charge is 2.57. The zero-order chi connectivity index (χ0) is 36.4. The molecule has 6 atom stereocenters. The zero-order valence-electron chi connectivity index (χ0n) is 30.5. The summed E-state index contributed by atoms with van der Waals surface area (Å²) < 4.78 is 42.8. The van der Waals surface area contributed by atoms with Crippen LogP contribution in [0.4, 0.5) is 5.69 Å². The maximum atomic E-state index is 13.6. The lowest BCUT2D eigenvalue weighted by molar-refractivity contribution is -0.140. The predicted octanol–water partition coefficient (Wildman–Crippen LogP) is 6.50. The van der Waals surface area contributed by atoms with Crippen LogP contribution in [0.3, 0.4) is 0 Å². The summed E-state index contributed by atoms with van der Waals surface area (Å²) in [4.78, 5) is 18.4. The van der Waals surface area contributed by atoms with E-state index in [0.717, 1.165) is 42.8 Å². The molecule has 0 radical (unpaired) electrons. The molecular formula is C40H51ClN4O5S. The van der Waals surface area contributed by atoms with Gasteiger partial charge >= 0.3 is 0 Å². The number of nitrogens with one attached hydrogen (secondary N) is 1. The monoisotopic (exact) mass is 734 g/mol. The van der Waals surface area contributed by atoms with E-state index >= 15 is 0 Å². The minimum atomic E-state index is -3.98. The van der Waals surface area contributed by atoms with Gasteiger partial charge < -0.3 is 14.4 Å². The van der Waals surface area contributed by atoms with Gasteiger partial charge in [0.1, 0.15) is 11.4 Å². The number of likely N-dealkylation sites (tertiary alicyclic amines) is 1. The summed E-state index contributed by atoms with van der Waals surface area (Å²) in [6.45, 7) is 11.8. The normalized spacial score (nSPS) is 35.0. The van der Waals surface area contributed by atoms with Crippen molar-refractivity contribution in [3.8, 4) is 11.8 Å². The molecule has 2 fully saturated rings. The highest BCUT2D eigenvalue weighted by atomic mass is 35.5. The molecule has 2 aromatic carbocycles. The van der Waals surface area contributed by atoms with Crippen molar-refractivity contribution in [1.82, 2.24) is 9.62 Å². The summed E-state index contributed by atoms with van der Waals surface area (Å²) >= 11 is 6.49. The molecule has 51 heavy (non-hydrogen) atoms. The average molecular weight is 735 g/mol. The number of amides is 1. The SMILES string of the molecule is CO[C@@]1(CN2CC(C)(C#N)C2)/C=C/C[C@H](C)C(C)S(=O)(=O)NC(=O)c2ccc3c(c2)N(CC2(C)CC[C@H]21)C[C@@]1(CCCc2cc(Cl)ccc21)CO3. The van der Waals surface area contributed by atoms with E-state index in [1.54, 1.807) is 20.1 Å². The fraction of sp³-hybridized carbons (Fsp3) is 0.600. The Morgan fingerprint density at radius 3 is 2.59 bits per heavy atom. The van der Waals surface area contributed by atoms with Crippen LogP contribution in [0.5, 0.6) is 5.75 Å². The zero-order valence-corrected chi connectivity index (χ0v) is 32.1. The molecule has 1 N–H and O–H groups in total. The third kappa shape index (κ3) is 6.47. The second-order valence-corrected chi connectivity index (χ2v) is 19.3. The van der Waals surface area contributed by atoms with Gasteiger partial charge in [0.05, 0.1) is 29.0 Å². The van der Waals surface area contributed by atoms with E-state index in [0.29, 0.717) is 51.5 Å². The summed E-state index contributed by atoms with van der Waals surface area (Å²) in [6, 6.07) is 14.0. The molecule has 274 valence electrons. The third-order valence-electron chi connectivity index (χ3n) is 13.0. The van der Waals surface area contributed by atoms with Crippen LogP contribution in [0.2, 0.25) is 5.02 Å². The first-order valence-electron chi connectivity index (χ1n) is 18.4. The molecule has 5 aliphatic rings. The molecule has 3 heterocycles. The van der Waals surface area contributed by atoms with Gasteiger partial charge in [-0.2, -0.15) is 5.26 Å².